The molecule has 2 bridgehead atoms. The molecule has 1 nitrogen and oxygen atoms in total. The van der Waals surface area contributed by atoms with E-state index in [0.29, 0.717) is 5.41 Å². The fourth-order valence-electron chi connectivity index (χ4n) is 15.8. The molecule has 4 fully saturated rings. The molecule has 58 heavy (non-hydrogen) atoms. The Hall–Kier alpha value is -4.62. The van der Waals surface area contributed by atoms with Crippen molar-refractivity contribution in [1.29, 1.82) is 0 Å². The van der Waals surface area contributed by atoms with E-state index in [1.807, 2.05) is 0 Å². The normalized spacial score (nSPS) is 31.0. The molecule has 0 saturated heterocycles. The van der Waals surface area contributed by atoms with Crippen LogP contribution in [0.3, 0.4) is 0 Å². The lowest BCUT2D eigenvalue weighted by Gasteiger charge is -2.76. The summed E-state index contributed by atoms with van der Waals surface area (Å²) < 4.78 is 0. The van der Waals surface area contributed by atoms with Gasteiger partial charge in [0.05, 0.1) is 5.69 Å². The Morgan fingerprint density at radius 1 is 0.552 bits per heavy atom. The van der Waals surface area contributed by atoms with E-state index < -0.39 is 0 Å². The van der Waals surface area contributed by atoms with Gasteiger partial charge in [-0.05, 0) is 188 Å². The maximum Gasteiger partial charge on any atom is 0.0502 e. The van der Waals surface area contributed by atoms with Gasteiger partial charge in [0.2, 0.25) is 0 Å². The molecule has 290 valence electrons. The van der Waals surface area contributed by atoms with Crippen LogP contribution in [0.2, 0.25) is 0 Å². The van der Waals surface area contributed by atoms with Crippen molar-refractivity contribution in [2.75, 3.05) is 4.90 Å². The lowest BCUT2D eigenvalue weighted by molar-refractivity contribution is -0.231. The third-order valence-corrected chi connectivity index (χ3v) is 18.2. The highest BCUT2D eigenvalue weighted by atomic mass is 15.1. The second kappa shape index (κ2) is 10.9. The average Bonchev–Trinajstić information content (AvgIpc) is 3.92. The van der Waals surface area contributed by atoms with Gasteiger partial charge in [-0.2, -0.15) is 0 Å². The molecule has 6 unspecified atom stereocenters. The second-order valence-electron chi connectivity index (χ2n) is 21.9. The molecule has 8 aliphatic carbocycles. The number of benzene rings is 5. The van der Waals surface area contributed by atoms with Gasteiger partial charge in [0.15, 0.2) is 0 Å². The van der Waals surface area contributed by atoms with Gasteiger partial charge >= 0.3 is 0 Å². The molecular formula is C57H57N. The Bertz CT molecular complexity index is 2720. The minimum absolute atomic E-state index is 0.0413. The largest absolute Gasteiger partial charge is 0.310 e. The van der Waals surface area contributed by atoms with Crippen LogP contribution in [0.5, 0.6) is 0 Å². The van der Waals surface area contributed by atoms with Crippen LogP contribution in [0, 0.1) is 29.1 Å². The number of rotatable bonds is 4. The zero-order chi connectivity index (χ0) is 39.1. The Balaban J connectivity index is 1.10. The van der Waals surface area contributed by atoms with Gasteiger partial charge in [-0.3, -0.25) is 0 Å². The van der Waals surface area contributed by atoms with Gasteiger partial charge in [-0.25, -0.2) is 0 Å². The van der Waals surface area contributed by atoms with Crippen molar-refractivity contribution < 1.29 is 0 Å². The molecular weight excluding hydrogens is 699 g/mol. The van der Waals surface area contributed by atoms with Gasteiger partial charge < -0.3 is 4.90 Å². The molecule has 13 rings (SSSR count). The first-order chi connectivity index (χ1) is 28.0. The minimum atomic E-state index is -0.0847. The molecule has 6 atom stereocenters. The van der Waals surface area contributed by atoms with Crippen LogP contribution in [0.25, 0.3) is 27.8 Å². The third-order valence-electron chi connectivity index (χ3n) is 18.2. The summed E-state index contributed by atoms with van der Waals surface area (Å²) in [4.78, 5) is 2.71. The summed E-state index contributed by atoms with van der Waals surface area (Å²) >= 11 is 0. The Labute approximate surface area is 346 Å². The number of hydrogen-bond acceptors (Lipinski definition) is 1. The van der Waals surface area contributed by atoms with E-state index in [1.54, 1.807) is 11.1 Å². The third kappa shape index (κ3) is 3.92. The molecule has 0 radical (unpaired) electrons. The number of anilines is 3. The van der Waals surface area contributed by atoms with Gasteiger partial charge in [-0.15, -0.1) is 0 Å². The molecule has 5 aromatic rings. The first-order valence-corrected chi connectivity index (χ1v) is 22.8. The van der Waals surface area contributed by atoms with E-state index in [1.165, 1.54) is 111 Å². The van der Waals surface area contributed by atoms with Gasteiger partial charge in [0.1, 0.15) is 0 Å². The summed E-state index contributed by atoms with van der Waals surface area (Å²) in [7, 11) is 0. The van der Waals surface area contributed by atoms with Crippen LogP contribution in [-0.4, -0.2) is 0 Å². The molecule has 0 amide bonds. The van der Waals surface area contributed by atoms with Crippen molar-refractivity contribution >= 4 is 22.6 Å². The smallest absolute Gasteiger partial charge is 0.0502 e. The number of nitrogens with zero attached hydrogens (tertiary/aromatic N) is 1. The first-order valence-electron chi connectivity index (χ1n) is 22.8. The van der Waals surface area contributed by atoms with Crippen LogP contribution in [0.15, 0.2) is 115 Å². The first kappa shape index (κ1) is 34.3. The molecule has 0 N–H and O–H groups in total. The summed E-state index contributed by atoms with van der Waals surface area (Å²) in [6.45, 7) is 14.8. The average molecular weight is 756 g/mol. The summed E-state index contributed by atoms with van der Waals surface area (Å²) in [5.74, 6) is 3.48. The highest BCUT2D eigenvalue weighted by Crippen LogP contribution is 2.90. The van der Waals surface area contributed by atoms with Crippen molar-refractivity contribution in [3.8, 4) is 22.3 Å². The highest BCUT2D eigenvalue weighted by molar-refractivity contribution is 5.96. The second-order valence-corrected chi connectivity index (χ2v) is 21.9. The van der Waals surface area contributed by atoms with Crippen molar-refractivity contribution in [3.05, 3.63) is 154 Å². The van der Waals surface area contributed by atoms with E-state index in [-0.39, 0.29) is 21.7 Å². The standard InChI is InChI=1S/C57H57N/c1-53(2)25-26-54(3,4)52-46(53)21-14-22-48(52)58(37-23-24-41-39-17-10-12-19-44(39)55(5,6)47(41)32-37)38-30-42(35-15-8-7-9-16-35)51-43(31-38)40-18-11-13-20-45(40)57(51)49-28-34-27-36-29-50(57)56(36,49)33-34/h8,10-24,30-32,34,36,49-50H,7,9,25-29,33H2,1-6H3. The molecule has 5 aromatic carbocycles. The summed E-state index contributed by atoms with van der Waals surface area (Å²) in [5.41, 5.74) is 22.7. The number of allylic oxidation sites excluding steroid dienone is 4. The number of fused-ring (bicyclic) bond motifs is 12. The molecule has 4 saturated carbocycles. The van der Waals surface area contributed by atoms with Gasteiger partial charge in [0, 0.05) is 22.2 Å². The minimum Gasteiger partial charge on any atom is -0.310 e. The van der Waals surface area contributed by atoms with Gasteiger partial charge in [0.25, 0.3) is 0 Å². The zero-order valence-corrected chi connectivity index (χ0v) is 35.4. The predicted molar refractivity (Wildman–Crippen MR) is 241 cm³/mol. The Kier molecular flexibility index (Phi) is 6.47. The molecule has 0 aliphatic heterocycles. The summed E-state index contributed by atoms with van der Waals surface area (Å²) in [5, 5.41) is 0. The molecule has 2 spiro atoms. The predicted octanol–water partition coefficient (Wildman–Crippen LogP) is 14.9. The van der Waals surface area contributed by atoms with E-state index in [9.17, 15) is 0 Å². The van der Waals surface area contributed by atoms with E-state index in [2.05, 4.69) is 162 Å². The SMILES string of the molecule is CC1(C)CCC(C)(C)c2c(N(c3cc(C4=CCCC=C4)c4c(c3)-c3ccccc3C43C4CC5CC6CC3C64C5)c3ccc4c(c3)C(C)(C)c3ccccc3-4)cccc21. The fraction of sp³-hybridized carbons (Fsp3) is 0.404. The van der Waals surface area contributed by atoms with E-state index >= 15 is 0 Å². The van der Waals surface area contributed by atoms with Gasteiger partial charge in [-0.1, -0.05) is 127 Å². The molecule has 8 aliphatic rings. The Morgan fingerprint density at radius 2 is 1.26 bits per heavy atom. The molecule has 0 aromatic heterocycles. The zero-order valence-electron chi connectivity index (χ0n) is 35.4. The van der Waals surface area contributed by atoms with Crippen LogP contribution in [-0.2, 0) is 21.7 Å². The fourth-order valence-corrected chi connectivity index (χ4v) is 15.8. The van der Waals surface area contributed by atoms with Crippen LogP contribution in [0.4, 0.5) is 17.1 Å². The summed E-state index contributed by atoms with van der Waals surface area (Å²) in [6, 6.07) is 38.9. The summed E-state index contributed by atoms with van der Waals surface area (Å²) in [6.07, 6.45) is 18.0. The molecule has 0 heterocycles. The number of hydrogen-bond donors (Lipinski definition) is 0. The topological polar surface area (TPSA) is 3.24 Å². The van der Waals surface area contributed by atoms with Crippen molar-refractivity contribution in [2.45, 2.75) is 115 Å². The van der Waals surface area contributed by atoms with Crippen LogP contribution in [0.1, 0.15) is 132 Å². The van der Waals surface area contributed by atoms with E-state index in [0.717, 1.165) is 36.5 Å². The van der Waals surface area contributed by atoms with Crippen LogP contribution >= 0.6 is 0 Å². The Morgan fingerprint density at radius 3 is 2.05 bits per heavy atom. The van der Waals surface area contributed by atoms with E-state index in [4.69, 9.17) is 0 Å². The van der Waals surface area contributed by atoms with Crippen molar-refractivity contribution in [3.63, 3.8) is 0 Å². The lowest BCUT2D eigenvalue weighted by Crippen LogP contribution is -2.74. The maximum absolute atomic E-state index is 2.71. The van der Waals surface area contributed by atoms with Crippen molar-refractivity contribution in [1.82, 2.24) is 0 Å². The van der Waals surface area contributed by atoms with Crippen molar-refractivity contribution in [2.24, 2.45) is 29.1 Å². The monoisotopic (exact) mass is 755 g/mol. The quantitative estimate of drug-likeness (QED) is 0.177. The highest BCUT2D eigenvalue weighted by Gasteiger charge is 2.84. The maximum atomic E-state index is 2.71. The molecule has 1 heteroatoms. The lowest BCUT2D eigenvalue weighted by atomic mass is 9.26. The van der Waals surface area contributed by atoms with Crippen LogP contribution < -0.4 is 4.90 Å².